The van der Waals surface area contributed by atoms with E-state index >= 15 is 0 Å². The van der Waals surface area contributed by atoms with Gasteiger partial charge in [-0.15, -0.1) is 0 Å². The topological polar surface area (TPSA) is 75.2 Å². The summed E-state index contributed by atoms with van der Waals surface area (Å²) in [6, 6.07) is 7.74. The van der Waals surface area contributed by atoms with E-state index in [-0.39, 0.29) is 23.8 Å². The molecule has 0 spiro atoms. The lowest BCUT2D eigenvalue weighted by Gasteiger charge is -2.33. The minimum Gasteiger partial charge on any atom is -0.353 e. The largest absolute Gasteiger partial charge is 0.353 e. The molecule has 1 N–H and O–H groups in total. The summed E-state index contributed by atoms with van der Waals surface area (Å²) in [6.45, 7) is 5.16. The van der Waals surface area contributed by atoms with Gasteiger partial charge in [-0.2, -0.15) is 0 Å². The van der Waals surface area contributed by atoms with Crippen molar-refractivity contribution >= 4 is 11.8 Å². The number of carbonyl (C=O) groups excluding carboxylic acids is 2. The van der Waals surface area contributed by atoms with E-state index in [1.54, 1.807) is 12.4 Å². The van der Waals surface area contributed by atoms with Crippen LogP contribution in [0.1, 0.15) is 47.2 Å². The van der Waals surface area contributed by atoms with Gasteiger partial charge in [0.15, 0.2) is 0 Å². The van der Waals surface area contributed by atoms with E-state index in [0.29, 0.717) is 13.1 Å². The molecule has 0 radical (unpaired) electrons. The van der Waals surface area contributed by atoms with Crippen LogP contribution in [0.15, 0.2) is 43.0 Å². The summed E-state index contributed by atoms with van der Waals surface area (Å²) < 4.78 is 0. The molecule has 26 heavy (non-hydrogen) atoms. The van der Waals surface area contributed by atoms with E-state index in [0.717, 1.165) is 29.5 Å². The molecular formula is C20H24N4O2. The Balaban J connectivity index is 1.51. The number of benzene rings is 1. The van der Waals surface area contributed by atoms with Crippen molar-refractivity contribution in [3.63, 3.8) is 0 Å². The molecule has 136 valence electrons. The smallest absolute Gasteiger partial charge is 0.253 e. The number of nitrogens with one attached hydrogen (secondary N) is 1. The second-order valence-electron chi connectivity index (χ2n) is 6.83. The summed E-state index contributed by atoms with van der Waals surface area (Å²) in [5.74, 6) is -0.254. The van der Waals surface area contributed by atoms with Gasteiger partial charge in [0, 0.05) is 42.7 Å². The van der Waals surface area contributed by atoms with E-state index in [4.69, 9.17) is 0 Å². The number of carbonyl (C=O) groups is 2. The zero-order valence-electron chi connectivity index (χ0n) is 15.2. The molecule has 2 heterocycles. The maximum absolute atomic E-state index is 12.6. The Kier molecular flexibility index (Phi) is 5.61. The number of piperidine rings is 1. The van der Waals surface area contributed by atoms with Crippen molar-refractivity contribution in [1.82, 2.24) is 20.2 Å². The molecule has 1 fully saturated rings. The molecule has 1 saturated heterocycles. The summed E-state index contributed by atoms with van der Waals surface area (Å²) in [7, 11) is 0. The lowest BCUT2D eigenvalue weighted by Crippen LogP contribution is -2.47. The van der Waals surface area contributed by atoms with Gasteiger partial charge in [0.25, 0.3) is 5.91 Å². The molecule has 1 atom stereocenters. The standard InChI is InChI=1S/C20H24N4O2/c1-14-3-5-16(6-4-14)20(26)24-9-7-18(8-10-24)23-19(25)15(2)17-11-21-13-22-12-17/h3-6,11-13,15,18H,7-10H2,1-2H3,(H,23,25). The minimum atomic E-state index is -0.289. The first kappa shape index (κ1) is 18.0. The first-order valence-electron chi connectivity index (χ1n) is 8.96. The Hall–Kier alpha value is -2.76. The molecule has 1 aliphatic heterocycles. The molecule has 2 aromatic rings. The highest BCUT2D eigenvalue weighted by molar-refractivity contribution is 5.94. The predicted molar refractivity (Wildman–Crippen MR) is 98.7 cm³/mol. The van der Waals surface area contributed by atoms with Crippen molar-refractivity contribution in [1.29, 1.82) is 0 Å². The van der Waals surface area contributed by atoms with E-state index < -0.39 is 0 Å². The number of nitrogens with zero attached hydrogens (tertiary/aromatic N) is 3. The molecule has 0 saturated carbocycles. The van der Waals surface area contributed by atoms with Gasteiger partial charge in [-0.3, -0.25) is 9.59 Å². The van der Waals surface area contributed by atoms with Gasteiger partial charge >= 0.3 is 0 Å². The minimum absolute atomic E-state index is 0.0249. The second kappa shape index (κ2) is 8.08. The maximum Gasteiger partial charge on any atom is 0.253 e. The molecule has 3 rings (SSSR count). The predicted octanol–water partition coefficient (Wildman–Crippen LogP) is 2.31. The lowest BCUT2D eigenvalue weighted by atomic mass is 10.00. The van der Waals surface area contributed by atoms with Crippen LogP contribution in [-0.2, 0) is 4.79 Å². The Labute approximate surface area is 153 Å². The Bertz CT molecular complexity index is 753. The third-order valence-corrected chi connectivity index (χ3v) is 4.90. The van der Waals surface area contributed by atoms with E-state index in [2.05, 4.69) is 15.3 Å². The molecule has 6 heteroatoms. The first-order chi connectivity index (χ1) is 12.5. The fraction of sp³-hybridized carbons (Fsp3) is 0.400. The molecule has 1 aromatic carbocycles. The number of hydrogen-bond donors (Lipinski definition) is 1. The maximum atomic E-state index is 12.6. The monoisotopic (exact) mass is 352 g/mol. The number of likely N-dealkylation sites (tertiary alicyclic amines) is 1. The number of aryl methyl sites for hydroxylation is 1. The van der Waals surface area contributed by atoms with E-state index in [1.165, 1.54) is 6.33 Å². The highest BCUT2D eigenvalue weighted by Gasteiger charge is 2.26. The molecular weight excluding hydrogens is 328 g/mol. The van der Waals surface area contributed by atoms with Gasteiger partial charge in [0.2, 0.25) is 5.91 Å². The summed E-state index contributed by atoms with van der Waals surface area (Å²) in [4.78, 5) is 34.8. The molecule has 1 aromatic heterocycles. The Morgan fingerprint density at radius 2 is 1.73 bits per heavy atom. The average Bonchev–Trinajstić information content (AvgIpc) is 2.68. The SMILES string of the molecule is Cc1ccc(C(=O)N2CCC(NC(=O)C(C)c3cncnc3)CC2)cc1. The number of hydrogen-bond acceptors (Lipinski definition) is 4. The van der Waals surface area contributed by atoms with Crippen LogP contribution in [0, 0.1) is 6.92 Å². The quantitative estimate of drug-likeness (QED) is 0.916. The highest BCUT2D eigenvalue weighted by atomic mass is 16.2. The highest BCUT2D eigenvalue weighted by Crippen LogP contribution is 2.17. The van der Waals surface area contributed by atoms with Crippen LogP contribution >= 0.6 is 0 Å². The number of rotatable bonds is 4. The fourth-order valence-electron chi connectivity index (χ4n) is 3.12. The molecule has 0 bridgehead atoms. The second-order valence-corrected chi connectivity index (χ2v) is 6.83. The van der Waals surface area contributed by atoms with Crippen LogP contribution in [0.2, 0.25) is 0 Å². The summed E-state index contributed by atoms with van der Waals surface area (Å²) in [5, 5.41) is 3.09. The molecule has 1 unspecified atom stereocenters. The van der Waals surface area contributed by atoms with Crippen molar-refractivity contribution in [2.45, 2.75) is 38.6 Å². The lowest BCUT2D eigenvalue weighted by molar-refractivity contribution is -0.123. The first-order valence-corrected chi connectivity index (χ1v) is 8.96. The fourth-order valence-corrected chi connectivity index (χ4v) is 3.12. The van der Waals surface area contributed by atoms with Crippen molar-refractivity contribution < 1.29 is 9.59 Å². The van der Waals surface area contributed by atoms with Crippen LogP contribution in [0.4, 0.5) is 0 Å². The molecule has 6 nitrogen and oxygen atoms in total. The average molecular weight is 352 g/mol. The Morgan fingerprint density at radius 3 is 2.35 bits per heavy atom. The van der Waals surface area contributed by atoms with Gasteiger partial charge in [0.05, 0.1) is 5.92 Å². The van der Waals surface area contributed by atoms with Crippen molar-refractivity contribution in [2.75, 3.05) is 13.1 Å². The molecule has 1 aliphatic rings. The van der Waals surface area contributed by atoms with Gasteiger partial charge in [-0.1, -0.05) is 17.7 Å². The third-order valence-electron chi connectivity index (χ3n) is 4.90. The number of aromatic nitrogens is 2. The summed E-state index contributed by atoms with van der Waals surface area (Å²) in [5.41, 5.74) is 2.66. The van der Waals surface area contributed by atoms with Gasteiger partial charge < -0.3 is 10.2 Å². The summed E-state index contributed by atoms with van der Waals surface area (Å²) >= 11 is 0. The van der Waals surface area contributed by atoms with Gasteiger partial charge in [-0.05, 0) is 38.8 Å². The van der Waals surface area contributed by atoms with Crippen LogP contribution in [0.3, 0.4) is 0 Å². The van der Waals surface area contributed by atoms with E-state index in [9.17, 15) is 9.59 Å². The van der Waals surface area contributed by atoms with Crippen molar-refractivity contribution in [2.24, 2.45) is 0 Å². The number of amides is 2. The third kappa shape index (κ3) is 4.25. The van der Waals surface area contributed by atoms with Crippen LogP contribution in [0.5, 0.6) is 0 Å². The van der Waals surface area contributed by atoms with E-state index in [1.807, 2.05) is 43.0 Å². The zero-order valence-corrected chi connectivity index (χ0v) is 15.2. The van der Waals surface area contributed by atoms with Crippen LogP contribution in [0.25, 0.3) is 0 Å². The van der Waals surface area contributed by atoms with Crippen molar-refractivity contribution in [3.8, 4) is 0 Å². The summed E-state index contributed by atoms with van der Waals surface area (Å²) in [6.07, 6.45) is 6.32. The van der Waals surface area contributed by atoms with Gasteiger partial charge in [0.1, 0.15) is 6.33 Å². The molecule has 0 aliphatic carbocycles. The van der Waals surface area contributed by atoms with Crippen LogP contribution in [-0.4, -0.2) is 45.8 Å². The van der Waals surface area contributed by atoms with Crippen molar-refractivity contribution in [3.05, 3.63) is 59.7 Å². The zero-order chi connectivity index (χ0) is 18.5. The van der Waals surface area contributed by atoms with Gasteiger partial charge in [-0.25, -0.2) is 9.97 Å². The van der Waals surface area contributed by atoms with Crippen LogP contribution < -0.4 is 5.32 Å². The molecule has 2 amide bonds. The Morgan fingerprint density at radius 1 is 1.12 bits per heavy atom. The normalized spacial score (nSPS) is 16.2.